The quantitative estimate of drug-likeness (QED) is 0.503. The number of fused-ring (bicyclic) bond motifs is 1. The van der Waals surface area contributed by atoms with Gasteiger partial charge in [-0.1, -0.05) is 41.6 Å². The van der Waals surface area contributed by atoms with Gasteiger partial charge < -0.3 is 13.7 Å². The van der Waals surface area contributed by atoms with Gasteiger partial charge in [-0.25, -0.2) is 0 Å². The molecule has 6 nitrogen and oxygen atoms in total. The lowest BCUT2D eigenvalue weighted by molar-refractivity contribution is 0.365. The van der Waals surface area contributed by atoms with Crippen LogP contribution in [0.4, 0.5) is 0 Å². The first kappa shape index (κ1) is 16.1. The highest BCUT2D eigenvalue weighted by molar-refractivity contribution is 5.79. The molecule has 4 rings (SSSR count). The summed E-state index contributed by atoms with van der Waals surface area (Å²) in [5.41, 5.74) is 1.68. The minimum absolute atomic E-state index is 0.0860. The molecule has 0 aliphatic rings. The van der Waals surface area contributed by atoms with Crippen molar-refractivity contribution in [1.82, 2.24) is 19.3 Å². The fraction of sp³-hybridized carbons (Fsp3) is 0.150. The fourth-order valence-corrected chi connectivity index (χ4v) is 3.01. The van der Waals surface area contributed by atoms with Crippen LogP contribution in [0.5, 0.6) is 0 Å². The highest BCUT2D eigenvalue weighted by atomic mass is 16.5. The Kier molecular flexibility index (Phi) is 4.23. The molecule has 0 amide bonds. The van der Waals surface area contributed by atoms with Crippen LogP contribution in [0.15, 0.2) is 76.8 Å². The summed E-state index contributed by atoms with van der Waals surface area (Å²) in [7, 11) is 0. The lowest BCUT2D eigenvalue weighted by atomic mass is 10.1. The van der Waals surface area contributed by atoms with E-state index in [2.05, 4.69) is 16.7 Å². The molecule has 0 radical (unpaired) electrons. The van der Waals surface area contributed by atoms with Crippen molar-refractivity contribution in [2.45, 2.75) is 19.5 Å². The molecule has 0 fully saturated rings. The number of hydrogen-bond acceptors (Lipinski definition) is 4. The molecule has 0 unspecified atom stereocenters. The maximum atomic E-state index is 12.8. The van der Waals surface area contributed by atoms with E-state index < -0.39 is 0 Å². The minimum atomic E-state index is -0.0860. The Bertz CT molecular complexity index is 1110. The van der Waals surface area contributed by atoms with Gasteiger partial charge in [0.15, 0.2) is 5.82 Å². The summed E-state index contributed by atoms with van der Waals surface area (Å²) in [4.78, 5) is 17.2. The summed E-state index contributed by atoms with van der Waals surface area (Å²) in [5, 5.41) is 4.92. The summed E-state index contributed by atoms with van der Waals surface area (Å²) in [6.07, 6.45) is 6.01. The van der Waals surface area contributed by atoms with Crippen molar-refractivity contribution >= 4 is 10.9 Å². The van der Waals surface area contributed by atoms with Gasteiger partial charge >= 0.3 is 0 Å². The van der Waals surface area contributed by atoms with Crippen LogP contribution in [-0.4, -0.2) is 19.3 Å². The van der Waals surface area contributed by atoms with E-state index in [-0.39, 0.29) is 12.1 Å². The number of allylic oxidation sites excluding steroid dienone is 1. The van der Waals surface area contributed by atoms with Crippen molar-refractivity contribution in [3.8, 4) is 0 Å². The summed E-state index contributed by atoms with van der Waals surface area (Å²) >= 11 is 0. The van der Waals surface area contributed by atoms with E-state index in [1.807, 2.05) is 53.2 Å². The maximum Gasteiger partial charge on any atom is 0.275 e. The average molecular weight is 346 g/mol. The maximum absolute atomic E-state index is 12.8. The molecule has 0 spiro atoms. The van der Waals surface area contributed by atoms with Crippen molar-refractivity contribution in [2.75, 3.05) is 0 Å². The van der Waals surface area contributed by atoms with Gasteiger partial charge in [0.1, 0.15) is 12.1 Å². The summed E-state index contributed by atoms with van der Waals surface area (Å²) < 4.78 is 8.79. The Hall–Kier alpha value is -3.41. The van der Waals surface area contributed by atoms with Gasteiger partial charge in [-0.2, -0.15) is 4.98 Å². The Morgan fingerprint density at radius 3 is 2.62 bits per heavy atom. The molecule has 26 heavy (non-hydrogen) atoms. The number of nitrogens with zero attached hydrogens (tertiary/aromatic N) is 4. The first-order valence-electron chi connectivity index (χ1n) is 8.39. The Labute approximate surface area is 150 Å². The smallest absolute Gasteiger partial charge is 0.275 e. The van der Waals surface area contributed by atoms with Gasteiger partial charge in [0.25, 0.3) is 5.56 Å². The topological polar surface area (TPSA) is 65.8 Å². The van der Waals surface area contributed by atoms with Crippen LogP contribution in [0.2, 0.25) is 0 Å². The van der Waals surface area contributed by atoms with Crippen molar-refractivity contribution in [2.24, 2.45) is 0 Å². The van der Waals surface area contributed by atoms with E-state index in [1.165, 1.54) is 0 Å². The van der Waals surface area contributed by atoms with Crippen LogP contribution in [0, 0.1) is 0 Å². The van der Waals surface area contributed by atoms with E-state index in [9.17, 15) is 4.79 Å². The second kappa shape index (κ2) is 6.84. The average Bonchev–Trinajstić information content (AvgIpc) is 3.26. The lowest BCUT2D eigenvalue weighted by Gasteiger charge is -2.05. The third kappa shape index (κ3) is 3.09. The number of pyridine rings is 1. The third-order valence-corrected chi connectivity index (χ3v) is 4.24. The molecular weight excluding hydrogens is 328 g/mol. The van der Waals surface area contributed by atoms with Crippen LogP contribution in [0.3, 0.4) is 0 Å². The summed E-state index contributed by atoms with van der Waals surface area (Å²) in [5.74, 6) is 1.02. The SMILES string of the molecule is C=CCn1ccc2ccn(Cc3nc(Cc4ccccc4)no3)c(=O)c21. The predicted octanol–water partition coefficient (Wildman–Crippen LogP) is 3.01. The summed E-state index contributed by atoms with van der Waals surface area (Å²) in [6, 6.07) is 13.8. The summed E-state index contributed by atoms with van der Waals surface area (Å²) in [6.45, 7) is 4.57. The standard InChI is InChI=1S/C20H18N4O2/c1-2-10-23-11-8-16-9-12-24(20(25)19(16)23)14-18-21-17(22-26-18)13-15-6-4-3-5-7-15/h2-9,11-12H,1,10,13-14H2. The zero-order valence-electron chi connectivity index (χ0n) is 14.2. The molecule has 130 valence electrons. The van der Waals surface area contributed by atoms with Gasteiger partial charge in [0, 0.05) is 30.7 Å². The molecule has 1 aromatic carbocycles. The second-order valence-corrected chi connectivity index (χ2v) is 6.08. The largest absolute Gasteiger partial charge is 0.339 e. The molecule has 0 aliphatic carbocycles. The number of aromatic nitrogens is 4. The van der Waals surface area contributed by atoms with Crippen LogP contribution in [0.25, 0.3) is 10.9 Å². The van der Waals surface area contributed by atoms with Crippen LogP contribution < -0.4 is 5.56 Å². The normalized spacial score (nSPS) is 11.1. The van der Waals surface area contributed by atoms with Gasteiger partial charge in [0.2, 0.25) is 5.89 Å². The molecule has 4 aromatic rings. The van der Waals surface area contributed by atoms with Gasteiger partial charge in [-0.3, -0.25) is 4.79 Å². The van der Waals surface area contributed by atoms with Crippen LogP contribution in [-0.2, 0) is 19.5 Å². The van der Waals surface area contributed by atoms with E-state index in [4.69, 9.17) is 4.52 Å². The van der Waals surface area contributed by atoms with E-state index in [1.54, 1.807) is 16.8 Å². The Balaban J connectivity index is 1.59. The van der Waals surface area contributed by atoms with Crippen molar-refractivity contribution < 1.29 is 4.52 Å². The number of rotatable bonds is 6. The minimum Gasteiger partial charge on any atom is -0.339 e. The van der Waals surface area contributed by atoms with Crippen LogP contribution >= 0.6 is 0 Å². The van der Waals surface area contributed by atoms with E-state index in [0.717, 1.165) is 10.9 Å². The third-order valence-electron chi connectivity index (χ3n) is 4.24. The van der Waals surface area contributed by atoms with Crippen molar-refractivity contribution in [1.29, 1.82) is 0 Å². The molecule has 0 saturated carbocycles. The monoisotopic (exact) mass is 346 g/mol. The van der Waals surface area contributed by atoms with Crippen molar-refractivity contribution in [3.63, 3.8) is 0 Å². The molecule has 6 heteroatoms. The van der Waals surface area contributed by atoms with Gasteiger partial charge in [-0.05, 0) is 17.7 Å². The molecule has 0 aliphatic heterocycles. The lowest BCUT2D eigenvalue weighted by Crippen LogP contribution is -2.22. The highest BCUT2D eigenvalue weighted by Gasteiger charge is 2.12. The highest BCUT2D eigenvalue weighted by Crippen LogP contribution is 2.12. The first-order valence-corrected chi connectivity index (χ1v) is 8.39. The van der Waals surface area contributed by atoms with Gasteiger partial charge in [0.05, 0.1) is 0 Å². The van der Waals surface area contributed by atoms with Gasteiger partial charge in [-0.15, -0.1) is 6.58 Å². The zero-order valence-corrected chi connectivity index (χ0v) is 14.2. The van der Waals surface area contributed by atoms with Crippen molar-refractivity contribution in [3.05, 3.63) is 95.1 Å². The molecule has 0 atom stereocenters. The zero-order chi connectivity index (χ0) is 17.9. The predicted molar refractivity (Wildman–Crippen MR) is 99.0 cm³/mol. The molecule has 3 aromatic heterocycles. The van der Waals surface area contributed by atoms with Crippen LogP contribution in [0.1, 0.15) is 17.3 Å². The fourth-order valence-electron chi connectivity index (χ4n) is 3.01. The van der Waals surface area contributed by atoms with E-state index in [0.29, 0.717) is 30.2 Å². The second-order valence-electron chi connectivity index (χ2n) is 6.08. The molecular formula is C20H18N4O2. The Morgan fingerprint density at radius 1 is 1.08 bits per heavy atom. The van der Waals surface area contributed by atoms with E-state index >= 15 is 0 Å². The number of benzene rings is 1. The molecule has 0 N–H and O–H groups in total. The molecule has 0 bridgehead atoms. The number of hydrogen-bond donors (Lipinski definition) is 0. The molecule has 3 heterocycles. The molecule has 0 saturated heterocycles. The Morgan fingerprint density at radius 2 is 1.85 bits per heavy atom. The first-order chi connectivity index (χ1) is 12.7.